The fraction of sp³-hybridized carbons (Fsp3) is 0.300. The summed E-state index contributed by atoms with van der Waals surface area (Å²) in [7, 11) is 0. The molecule has 5 rings (SSSR count). The molecule has 3 saturated heterocycles. The normalized spacial score (nSPS) is 27.5. The molecular weight excluding hydrogens is 404 g/mol. The van der Waals surface area contributed by atoms with Gasteiger partial charge in [0.25, 0.3) is 5.91 Å². The molecule has 3 atom stereocenters. The maximum absolute atomic E-state index is 13.4. The quantitative estimate of drug-likeness (QED) is 0.696. The Morgan fingerprint density at radius 1 is 0.857 bits per heavy atom. The average Bonchev–Trinajstić information content (AvgIpc) is 3.27. The molecule has 144 valence electrons. The number of amides is 2. The first-order chi connectivity index (χ1) is 13.5. The Hall–Kier alpha value is -1.99. The van der Waals surface area contributed by atoms with Gasteiger partial charge in [-0.2, -0.15) is 0 Å². The van der Waals surface area contributed by atoms with E-state index in [2.05, 4.69) is 5.01 Å². The van der Waals surface area contributed by atoms with E-state index in [1.165, 1.54) is 17.0 Å². The van der Waals surface area contributed by atoms with E-state index >= 15 is 0 Å². The summed E-state index contributed by atoms with van der Waals surface area (Å²) in [5, 5.41) is 4.79. The summed E-state index contributed by atoms with van der Waals surface area (Å²) in [4.78, 5) is 27.9. The molecule has 5 nitrogen and oxygen atoms in total. The van der Waals surface area contributed by atoms with Gasteiger partial charge in [0.2, 0.25) is 5.91 Å². The van der Waals surface area contributed by atoms with Crippen LogP contribution in [0.25, 0.3) is 0 Å². The first kappa shape index (κ1) is 18.1. The van der Waals surface area contributed by atoms with E-state index in [-0.39, 0.29) is 23.7 Å². The zero-order valence-electron chi connectivity index (χ0n) is 14.7. The molecular formula is C20H16Cl2FN3O2. The molecule has 2 aromatic rings. The monoisotopic (exact) mass is 419 g/mol. The molecule has 2 aromatic carbocycles. The third-order valence-electron chi connectivity index (χ3n) is 5.72. The van der Waals surface area contributed by atoms with Crippen LogP contribution in [0.2, 0.25) is 10.0 Å². The fourth-order valence-corrected chi connectivity index (χ4v) is 5.21. The van der Waals surface area contributed by atoms with Gasteiger partial charge in [-0.3, -0.25) is 9.59 Å². The number of imide groups is 1. The molecule has 0 aromatic heterocycles. The Balaban J connectivity index is 1.59. The lowest BCUT2D eigenvalue weighted by Crippen LogP contribution is -2.44. The topological polar surface area (TPSA) is 43.9 Å². The van der Waals surface area contributed by atoms with E-state index in [1.807, 2.05) is 5.01 Å². The van der Waals surface area contributed by atoms with Crippen LogP contribution in [0.4, 0.5) is 10.1 Å². The molecule has 0 bridgehead atoms. The number of carbonyl (C=O) groups is 2. The molecule has 28 heavy (non-hydrogen) atoms. The number of anilines is 1. The highest BCUT2D eigenvalue weighted by Gasteiger charge is 2.62. The smallest absolute Gasteiger partial charge is 0.253 e. The highest BCUT2D eigenvalue weighted by Crippen LogP contribution is 2.49. The van der Waals surface area contributed by atoms with Crippen LogP contribution in [0.15, 0.2) is 42.5 Å². The van der Waals surface area contributed by atoms with Gasteiger partial charge in [-0.1, -0.05) is 35.3 Å². The van der Waals surface area contributed by atoms with Crippen LogP contribution in [0, 0.1) is 11.7 Å². The van der Waals surface area contributed by atoms with Crippen molar-refractivity contribution in [3.8, 4) is 0 Å². The summed E-state index contributed by atoms with van der Waals surface area (Å²) < 4.78 is 13.4. The minimum atomic E-state index is -0.567. The molecule has 0 spiro atoms. The SMILES string of the molecule is O=C1[C@H]2[C@H](C(=O)N1c1cc(Cl)cc(Cl)c1)N1CCCN1[C@H]2c1ccc(F)cc1. The number of rotatable bonds is 2. The minimum absolute atomic E-state index is 0.273. The van der Waals surface area contributed by atoms with Crippen molar-refractivity contribution >= 4 is 40.7 Å². The lowest BCUT2D eigenvalue weighted by atomic mass is 9.90. The largest absolute Gasteiger partial charge is 0.274 e. The van der Waals surface area contributed by atoms with Gasteiger partial charge in [0.1, 0.15) is 11.9 Å². The van der Waals surface area contributed by atoms with E-state index in [9.17, 15) is 14.0 Å². The fourth-order valence-electron chi connectivity index (χ4n) is 4.70. The molecule has 0 N–H and O–H groups in total. The third kappa shape index (κ3) is 2.59. The van der Waals surface area contributed by atoms with Gasteiger partial charge < -0.3 is 0 Å². The molecule has 0 aliphatic carbocycles. The molecule has 3 heterocycles. The first-order valence-electron chi connectivity index (χ1n) is 9.08. The summed E-state index contributed by atoms with van der Waals surface area (Å²) >= 11 is 12.2. The number of fused-ring (bicyclic) bond motifs is 3. The second kappa shape index (κ2) is 6.52. The van der Waals surface area contributed by atoms with Crippen molar-refractivity contribution in [1.29, 1.82) is 0 Å². The van der Waals surface area contributed by atoms with E-state index in [0.717, 1.165) is 18.5 Å². The van der Waals surface area contributed by atoms with Crippen LogP contribution in [0.1, 0.15) is 18.0 Å². The lowest BCUT2D eigenvalue weighted by molar-refractivity contribution is -0.126. The van der Waals surface area contributed by atoms with Gasteiger partial charge in [-0.25, -0.2) is 19.3 Å². The zero-order chi connectivity index (χ0) is 19.6. The van der Waals surface area contributed by atoms with Gasteiger partial charge in [0, 0.05) is 23.1 Å². The molecule has 0 unspecified atom stereocenters. The summed E-state index contributed by atoms with van der Waals surface area (Å²) in [5.74, 6) is -1.45. The van der Waals surface area contributed by atoms with Crippen molar-refractivity contribution in [3.63, 3.8) is 0 Å². The van der Waals surface area contributed by atoms with Gasteiger partial charge >= 0.3 is 0 Å². The third-order valence-corrected chi connectivity index (χ3v) is 6.16. The van der Waals surface area contributed by atoms with Crippen molar-refractivity contribution in [3.05, 3.63) is 63.9 Å². The Kier molecular flexibility index (Phi) is 4.21. The van der Waals surface area contributed by atoms with E-state index < -0.39 is 12.0 Å². The van der Waals surface area contributed by atoms with Crippen LogP contribution < -0.4 is 4.90 Å². The number of hydrogen-bond acceptors (Lipinski definition) is 4. The van der Waals surface area contributed by atoms with Crippen LogP contribution in [-0.4, -0.2) is 41.0 Å². The van der Waals surface area contributed by atoms with Crippen molar-refractivity contribution in [2.45, 2.75) is 18.5 Å². The molecule has 0 saturated carbocycles. The van der Waals surface area contributed by atoms with Crippen LogP contribution >= 0.6 is 23.2 Å². The Morgan fingerprint density at radius 2 is 1.46 bits per heavy atom. The van der Waals surface area contributed by atoms with Crippen LogP contribution in [0.5, 0.6) is 0 Å². The molecule has 3 aliphatic rings. The number of hydrazine groups is 1. The maximum atomic E-state index is 13.4. The number of hydrogen-bond donors (Lipinski definition) is 0. The van der Waals surface area contributed by atoms with Crippen LogP contribution in [-0.2, 0) is 9.59 Å². The molecule has 2 amide bonds. The highest BCUT2D eigenvalue weighted by molar-refractivity contribution is 6.35. The van der Waals surface area contributed by atoms with Crippen LogP contribution in [0.3, 0.4) is 0 Å². The summed E-state index contributed by atoms with van der Waals surface area (Å²) in [6.07, 6.45) is 0.908. The Labute approximate surface area is 171 Å². The standard InChI is InChI=1S/C20H16Cl2FN3O2/c21-12-8-13(22)10-15(9-12)26-19(27)16-17(11-2-4-14(23)5-3-11)24-6-1-7-25(24)18(16)20(26)28/h2-5,8-10,16-18H,1,6-7H2/t16-,17+,18-/m1/s1. The molecule has 3 fully saturated rings. The predicted molar refractivity (Wildman–Crippen MR) is 103 cm³/mol. The molecule has 8 heteroatoms. The highest BCUT2D eigenvalue weighted by atomic mass is 35.5. The number of carbonyl (C=O) groups excluding carboxylic acids is 2. The minimum Gasteiger partial charge on any atom is -0.274 e. The summed E-state index contributed by atoms with van der Waals surface area (Å²) in [6, 6.07) is 9.98. The number of benzene rings is 2. The second-order valence-corrected chi connectivity index (χ2v) is 8.16. The van der Waals surface area contributed by atoms with Gasteiger partial charge in [-0.05, 0) is 42.3 Å². The summed E-state index contributed by atoms with van der Waals surface area (Å²) in [6.45, 7) is 1.47. The van der Waals surface area contributed by atoms with Gasteiger partial charge in [0.05, 0.1) is 17.6 Å². The van der Waals surface area contributed by atoms with E-state index in [0.29, 0.717) is 22.3 Å². The maximum Gasteiger partial charge on any atom is 0.253 e. The van der Waals surface area contributed by atoms with Crippen molar-refractivity contribution in [2.75, 3.05) is 18.0 Å². The molecule has 3 aliphatic heterocycles. The zero-order valence-corrected chi connectivity index (χ0v) is 16.2. The van der Waals surface area contributed by atoms with Crippen molar-refractivity contribution < 1.29 is 14.0 Å². The lowest BCUT2D eigenvalue weighted by Gasteiger charge is -2.29. The molecule has 0 radical (unpaired) electrons. The number of halogens is 3. The van der Waals surface area contributed by atoms with Crippen molar-refractivity contribution in [2.24, 2.45) is 5.92 Å². The van der Waals surface area contributed by atoms with Crippen molar-refractivity contribution in [1.82, 2.24) is 10.0 Å². The number of nitrogens with zero attached hydrogens (tertiary/aromatic N) is 3. The predicted octanol–water partition coefficient (Wildman–Crippen LogP) is 3.67. The first-order valence-corrected chi connectivity index (χ1v) is 9.84. The average molecular weight is 420 g/mol. The van der Waals surface area contributed by atoms with E-state index in [4.69, 9.17) is 23.2 Å². The Bertz CT molecular complexity index is 964. The van der Waals surface area contributed by atoms with Gasteiger partial charge in [0.15, 0.2) is 0 Å². The second-order valence-electron chi connectivity index (χ2n) is 7.29. The van der Waals surface area contributed by atoms with Gasteiger partial charge in [-0.15, -0.1) is 0 Å². The Morgan fingerprint density at radius 3 is 2.11 bits per heavy atom. The van der Waals surface area contributed by atoms with E-state index in [1.54, 1.807) is 30.3 Å². The summed E-state index contributed by atoms with van der Waals surface area (Å²) in [5.41, 5.74) is 1.21.